The second kappa shape index (κ2) is 6.05. The molecule has 21 heavy (non-hydrogen) atoms. The van der Waals surface area contributed by atoms with Gasteiger partial charge in [0.05, 0.1) is 6.61 Å². The fourth-order valence-corrected chi connectivity index (χ4v) is 2.29. The minimum Gasteiger partial charge on any atom is -0.381 e. The van der Waals surface area contributed by atoms with Crippen LogP contribution in [0.1, 0.15) is 16.9 Å². The average molecular weight is 289 g/mol. The van der Waals surface area contributed by atoms with E-state index in [0.717, 1.165) is 13.0 Å². The van der Waals surface area contributed by atoms with Crippen LogP contribution in [0.4, 0.5) is 4.39 Å². The van der Waals surface area contributed by atoms with Crippen molar-refractivity contribution in [1.29, 1.82) is 0 Å². The zero-order valence-corrected chi connectivity index (χ0v) is 11.5. The van der Waals surface area contributed by atoms with Crippen LogP contribution in [-0.2, 0) is 4.74 Å². The maximum Gasteiger partial charge on any atom is 0.271 e. The lowest BCUT2D eigenvalue weighted by Gasteiger charge is -2.08. The molecule has 5 nitrogen and oxygen atoms in total. The van der Waals surface area contributed by atoms with E-state index in [1.165, 1.54) is 10.7 Å². The molecular weight excluding hydrogens is 273 g/mol. The van der Waals surface area contributed by atoms with Crippen LogP contribution in [0.3, 0.4) is 0 Å². The number of nitrogens with zero attached hydrogens (tertiary/aromatic N) is 2. The Morgan fingerprint density at radius 1 is 1.43 bits per heavy atom. The number of para-hydroxylation sites is 1. The smallest absolute Gasteiger partial charge is 0.271 e. The maximum absolute atomic E-state index is 13.7. The van der Waals surface area contributed by atoms with E-state index in [1.54, 1.807) is 30.5 Å². The van der Waals surface area contributed by atoms with E-state index in [2.05, 4.69) is 10.4 Å². The van der Waals surface area contributed by atoms with Gasteiger partial charge in [0.15, 0.2) is 5.69 Å². The molecule has 1 aromatic heterocycles. The zero-order chi connectivity index (χ0) is 14.7. The van der Waals surface area contributed by atoms with Gasteiger partial charge in [-0.2, -0.15) is 5.10 Å². The topological polar surface area (TPSA) is 56.1 Å². The highest BCUT2D eigenvalue weighted by molar-refractivity contribution is 5.92. The van der Waals surface area contributed by atoms with Crippen LogP contribution >= 0.6 is 0 Å². The molecule has 2 heterocycles. The van der Waals surface area contributed by atoms with Crippen molar-refractivity contribution in [3.63, 3.8) is 0 Å². The molecule has 1 unspecified atom stereocenters. The number of ether oxygens (including phenoxy) is 1. The number of carbonyl (C=O) groups excluding carboxylic acids is 1. The van der Waals surface area contributed by atoms with Gasteiger partial charge in [0.1, 0.15) is 11.5 Å². The molecule has 1 saturated heterocycles. The number of aromatic nitrogens is 2. The van der Waals surface area contributed by atoms with Gasteiger partial charge in [-0.3, -0.25) is 4.79 Å². The van der Waals surface area contributed by atoms with Gasteiger partial charge in [-0.15, -0.1) is 0 Å². The second-order valence-corrected chi connectivity index (χ2v) is 5.04. The van der Waals surface area contributed by atoms with Crippen LogP contribution in [0.15, 0.2) is 36.5 Å². The summed E-state index contributed by atoms with van der Waals surface area (Å²) >= 11 is 0. The van der Waals surface area contributed by atoms with Crippen molar-refractivity contribution >= 4 is 5.91 Å². The lowest BCUT2D eigenvalue weighted by Crippen LogP contribution is -2.29. The monoisotopic (exact) mass is 289 g/mol. The first kappa shape index (κ1) is 13.8. The normalized spacial score (nSPS) is 17.9. The van der Waals surface area contributed by atoms with E-state index in [0.29, 0.717) is 24.8 Å². The molecule has 3 rings (SSSR count). The molecule has 0 aliphatic carbocycles. The molecule has 1 atom stereocenters. The lowest BCUT2D eigenvalue weighted by molar-refractivity contribution is 0.0939. The van der Waals surface area contributed by atoms with Crippen molar-refractivity contribution in [2.75, 3.05) is 19.8 Å². The van der Waals surface area contributed by atoms with Gasteiger partial charge < -0.3 is 10.1 Å². The number of hydrogen-bond donors (Lipinski definition) is 1. The van der Waals surface area contributed by atoms with Crippen molar-refractivity contribution in [3.05, 3.63) is 48.0 Å². The summed E-state index contributed by atoms with van der Waals surface area (Å²) in [7, 11) is 0. The molecule has 1 aromatic carbocycles. The van der Waals surface area contributed by atoms with Crippen LogP contribution in [0.25, 0.3) is 5.69 Å². The van der Waals surface area contributed by atoms with Gasteiger partial charge in [0.25, 0.3) is 5.91 Å². The maximum atomic E-state index is 13.7. The molecule has 0 saturated carbocycles. The Morgan fingerprint density at radius 2 is 2.29 bits per heavy atom. The lowest BCUT2D eigenvalue weighted by atomic mass is 10.1. The summed E-state index contributed by atoms with van der Waals surface area (Å²) in [5.41, 5.74) is 0.595. The summed E-state index contributed by atoms with van der Waals surface area (Å²) in [5.74, 6) is -0.268. The van der Waals surface area contributed by atoms with Gasteiger partial charge in [-0.05, 0) is 24.6 Å². The SMILES string of the molecule is O=C(NCC1CCOC1)c1ccn(-c2ccccc2F)n1. The summed E-state index contributed by atoms with van der Waals surface area (Å²) in [4.78, 5) is 12.0. The van der Waals surface area contributed by atoms with Crippen molar-refractivity contribution in [2.45, 2.75) is 6.42 Å². The number of carbonyl (C=O) groups is 1. The summed E-state index contributed by atoms with van der Waals surface area (Å²) in [6.45, 7) is 2.01. The molecule has 0 bridgehead atoms. The fraction of sp³-hybridized carbons (Fsp3) is 0.333. The predicted octanol–water partition coefficient (Wildman–Crippen LogP) is 1.78. The molecule has 1 amide bonds. The number of nitrogens with one attached hydrogen (secondary N) is 1. The predicted molar refractivity (Wildman–Crippen MR) is 74.8 cm³/mol. The quantitative estimate of drug-likeness (QED) is 0.933. The number of rotatable bonds is 4. The molecule has 0 spiro atoms. The van der Waals surface area contributed by atoms with Crippen molar-refractivity contribution in [2.24, 2.45) is 5.92 Å². The molecule has 1 aliphatic rings. The van der Waals surface area contributed by atoms with E-state index in [-0.39, 0.29) is 17.4 Å². The van der Waals surface area contributed by atoms with Crippen LogP contribution in [-0.4, -0.2) is 35.4 Å². The molecule has 1 N–H and O–H groups in total. The van der Waals surface area contributed by atoms with Gasteiger partial charge in [0, 0.05) is 25.3 Å². The summed E-state index contributed by atoms with van der Waals surface area (Å²) in [6.07, 6.45) is 2.54. The highest BCUT2D eigenvalue weighted by atomic mass is 19.1. The highest BCUT2D eigenvalue weighted by Crippen LogP contribution is 2.13. The summed E-state index contributed by atoms with van der Waals surface area (Å²) in [5, 5.41) is 6.95. The Hall–Kier alpha value is -2.21. The highest BCUT2D eigenvalue weighted by Gasteiger charge is 2.18. The Balaban J connectivity index is 1.66. The second-order valence-electron chi connectivity index (χ2n) is 5.04. The Kier molecular flexibility index (Phi) is 3.96. The third-order valence-corrected chi connectivity index (χ3v) is 3.50. The van der Waals surface area contributed by atoms with Gasteiger partial charge in [-0.1, -0.05) is 12.1 Å². The summed E-state index contributed by atoms with van der Waals surface area (Å²) in [6, 6.07) is 7.88. The van der Waals surface area contributed by atoms with E-state index < -0.39 is 0 Å². The fourth-order valence-electron chi connectivity index (χ4n) is 2.29. The van der Waals surface area contributed by atoms with Gasteiger partial charge >= 0.3 is 0 Å². The number of amides is 1. The molecular formula is C15H16FN3O2. The first-order valence-corrected chi connectivity index (χ1v) is 6.90. The van der Waals surface area contributed by atoms with Crippen molar-refractivity contribution < 1.29 is 13.9 Å². The molecule has 6 heteroatoms. The number of halogens is 1. The van der Waals surface area contributed by atoms with E-state index in [1.807, 2.05) is 0 Å². The minimum atomic E-state index is -0.379. The third kappa shape index (κ3) is 3.11. The average Bonchev–Trinajstić information content (AvgIpc) is 3.17. The van der Waals surface area contributed by atoms with Crippen molar-refractivity contribution in [1.82, 2.24) is 15.1 Å². The molecule has 1 fully saturated rings. The molecule has 110 valence electrons. The standard InChI is InChI=1S/C15H16FN3O2/c16-12-3-1-2-4-14(12)19-7-5-13(18-19)15(20)17-9-11-6-8-21-10-11/h1-5,7,11H,6,8-10H2,(H,17,20). The van der Waals surface area contributed by atoms with Crippen LogP contribution < -0.4 is 5.32 Å². The molecule has 0 radical (unpaired) electrons. The van der Waals surface area contributed by atoms with Crippen molar-refractivity contribution in [3.8, 4) is 5.69 Å². The Morgan fingerprint density at radius 3 is 3.05 bits per heavy atom. The van der Waals surface area contributed by atoms with E-state index in [9.17, 15) is 9.18 Å². The Labute approximate surface area is 121 Å². The largest absolute Gasteiger partial charge is 0.381 e. The van der Waals surface area contributed by atoms with Gasteiger partial charge in [0.2, 0.25) is 0 Å². The zero-order valence-electron chi connectivity index (χ0n) is 11.5. The van der Waals surface area contributed by atoms with E-state index >= 15 is 0 Å². The number of benzene rings is 1. The number of hydrogen-bond acceptors (Lipinski definition) is 3. The van der Waals surface area contributed by atoms with Gasteiger partial charge in [-0.25, -0.2) is 9.07 Å². The molecule has 2 aromatic rings. The first-order valence-electron chi connectivity index (χ1n) is 6.90. The third-order valence-electron chi connectivity index (χ3n) is 3.50. The minimum absolute atomic E-state index is 0.253. The Bertz CT molecular complexity index is 635. The van der Waals surface area contributed by atoms with Crippen LogP contribution in [0, 0.1) is 11.7 Å². The van der Waals surface area contributed by atoms with E-state index in [4.69, 9.17) is 4.74 Å². The van der Waals surface area contributed by atoms with Crippen LogP contribution in [0.2, 0.25) is 0 Å². The van der Waals surface area contributed by atoms with Crippen LogP contribution in [0.5, 0.6) is 0 Å². The molecule has 1 aliphatic heterocycles. The first-order chi connectivity index (χ1) is 10.2. The summed E-state index contributed by atoms with van der Waals surface area (Å²) < 4.78 is 20.3.